The van der Waals surface area contributed by atoms with Gasteiger partial charge in [0.05, 0.1) is 12.9 Å². The van der Waals surface area contributed by atoms with E-state index in [0.29, 0.717) is 29.6 Å². The molecule has 9 heteroatoms. The van der Waals surface area contributed by atoms with Crippen molar-refractivity contribution in [2.24, 2.45) is 0 Å². The molecule has 1 aliphatic rings. The molecule has 2 aromatic rings. The zero-order chi connectivity index (χ0) is 20.8. The standard InChI is InChI=1S/C20H22N2O6S/c1-3-26-15-8-6-14(7-9-15)21-18(24)11-28-20(25)16-12-29-19(22(16)13(2)23)17-5-4-10-27-17/h4-10,16,19H,3,11-12H2,1-2H3,(H,21,24)/t16-,19+/m1/s1. The average Bonchev–Trinajstić information content (AvgIpc) is 3.37. The van der Waals surface area contributed by atoms with Crippen molar-refractivity contribution in [3.63, 3.8) is 0 Å². The second-order valence-corrected chi connectivity index (χ2v) is 7.37. The third-order valence-corrected chi connectivity index (χ3v) is 5.50. The topological polar surface area (TPSA) is 98.1 Å². The van der Waals surface area contributed by atoms with Gasteiger partial charge in [-0.1, -0.05) is 0 Å². The van der Waals surface area contributed by atoms with Crippen LogP contribution in [0.15, 0.2) is 47.1 Å². The number of amides is 2. The van der Waals surface area contributed by atoms with E-state index in [2.05, 4.69) is 5.32 Å². The fourth-order valence-corrected chi connectivity index (χ4v) is 4.37. The minimum atomic E-state index is -0.772. The Morgan fingerprint density at radius 2 is 2.00 bits per heavy atom. The number of furan rings is 1. The molecule has 2 heterocycles. The van der Waals surface area contributed by atoms with Gasteiger partial charge in [-0.15, -0.1) is 11.8 Å². The van der Waals surface area contributed by atoms with Gasteiger partial charge in [-0.3, -0.25) is 9.59 Å². The second kappa shape index (κ2) is 9.51. The molecular formula is C20H22N2O6S. The fourth-order valence-electron chi connectivity index (χ4n) is 2.95. The Balaban J connectivity index is 1.54. The molecule has 1 saturated heterocycles. The number of carbonyl (C=O) groups is 3. The molecule has 29 heavy (non-hydrogen) atoms. The lowest BCUT2D eigenvalue weighted by atomic mass is 10.2. The van der Waals surface area contributed by atoms with E-state index < -0.39 is 29.9 Å². The van der Waals surface area contributed by atoms with Crippen LogP contribution in [0.1, 0.15) is 25.0 Å². The van der Waals surface area contributed by atoms with Crippen molar-refractivity contribution in [2.45, 2.75) is 25.3 Å². The highest BCUT2D eigenvalue weighted by Gasteiger charge is 2.43. The molecule has 0 saturated carbocycles. The maximum Gasteiger partial charge on any atom is 0.330 e. The van der Waals surface area contributed by atoms with Crippen LogP contribution in [0.25, 0.3) is 0 Å². The normalized spacial score (nSPS) is 18.3. The Kier molecular flexibility index (Phi) is 6.82. The van der Waals surface area contributed by atoms with Gasteiger partial charge in [0, 0.05) is 18.4 Å². The minimum absolute atomic E-state index is 0.266. The number of benzene rings is 1. The van der Waals surface area contributed by atoms with Crippen molar-refractivity contribution in [3.8, 4) is 5.75 Å². The maximum atomic E-state index is 12.5. The number of anilines is 1. The lowest BCUT2D eigenvalue weighted by Gasteiger charge is -2.25. The number of ether oxygens (including phenoxy) is 2. The van der Waals surface area contributed by atoms with Crippen LogP contribution >= 0.6 is 11.8 Å². The van der Waals surface area contributed by atoms with Gasteiger partial charge in [-0.25, -0.2) is 4.79 Å². The third kappa shape index (κ3) is 5.11. The number of esters is 1. The van der Waals surface area contributed by atoms with E-state index in [1.54, 1.807) is 36.4 Å². The summed E-state index contributed by atoms with van der Waals surface area (Å²) in [7, 11) is 0. The molecule has 1 aromatic heterocycles. The van der Waals surface area contributed by atoms with Crippen LogP contribution < -0.4 is 10.1 Å². The number of thioether (sulfide) groups is 1. The summed E-state index contributed by atoms with van der Waals surface area (Å²) in [5.41, 5.74) is 0.564. The number of hydrogen-bond acceptors (Lipinski definition) is 7. The summed E-state index contributed by atoms with van der Waals surface area (Å²) in [6, 6.07) is 9.58. The van der Waals surface area contributed by atoms with Gasteiger partial charge in [-0.05, 0) is 43.3 Å². The van der Waals surface area contributed by atoms with Crippen LogP contribution in [0.5, 0.6) is 5.75 Å². The Labute approximate surface area is 172 Å². The molecule has 3 rings (SSSR count). The van der Waals surface area contributed by atoms with Crippen molar-refractivity contribution >= 4 is 35.2 Å². The summed E-state index contributed by atoms with van der Waals surface area (Å²) in [5.74, 6) is 0.301. The van der Waals surface area contributed by atoms with E-state index in [-0.39, 0.29) is 5.91 Å². The van der Waals surface area contributed by atoms with Crippen LogP contribution in [0.2, 0.25) is 0 Å². The summed E-state index contributed by atoms with van der Waals surface area (Å²) in [4.78, 5) is 38.1. The molecule has 0 unspecified atom stereocenters. The molecule has 8 nitrogen and oxygen atoms in total. The van der Waals surface area contributed by atoms with Crippen molar-refractivity contribution in [3.05, 3.63) is 48.4 Å². The van der Waals surface area contributed by atoms with E-state index in [1.807, 2.05) is 6.92 Å². The number of nitrogens with zero attached hydrogens (tertiary/aromatic N) is 1. The van der Waals surface area contributed by atoms with E-state index in [1.165, 1.54) is 29.8 Å². The van der Waals surface area contributed by atoms with Crippen molar-refractivity contribution in [2.75, 3.05) is 24.3 Å². The first kappa shape index (κ1) is 20.8. The highest BCUT2D eigenvalue weighted by molar-refractivity contribution is 7.99. The zero-order valence-electron chi connectivity index (χ0n) is 16.1. The van der Waals surface area contributed by atoms with Crippen molar-refractivity contribution < 1.29 is 28.3 Å². The highest BCUT2D eigenvalue weighted by atomic mass is 32.2. The van der Waals surface area contributed by atoms with Gasteiger partial charge in [-0.2, -0.15) is 0 Å². The SMILES string of the molecule is CCOc1ccc(NC(=O)COC(=O)[C@H]2CS[C@@H](c3ccco3)N2C(C)=O)cc1. The summed E-state index contributed by atoms with van der Waals surface area (Å²) < 4.78 is 15.9. The molecular weight excluding hydrogens is 396 g/mol. The average molecular weight is 418 g/mol. The third-order valence-electron chi connectivity index (χ3n) is 4.22. The molecule has 1 aliphatic heterocycles. The Hall–Kier alpha value is -2.94. The van der Waals surface area contributed by atoms with E-state index in [4.69, 9.17) is 13.9 Å². The smallest absolute Gasteiger partial charge is 0.330 e. The van der Waals surface area contributed by atoms with Crippen molar-refractivity contribution in [1.82, 2.24) is 4.90 Å². The van der Waals surface area contributed by atoms with Gasteiger partial charge < -0.3 is 24.1 Å². The molecule has 1 aromatic carbocycles. The molecule has 1 N–H and O–H groups in total. The number of carbonyl (C=O) groups excluding carboxylic acids is 3. The van der Waals surface area contributed by atoms with Gasteiger partial charge in [0.15, 0.2) is 6.61 Å². The summed E-state index contributed by atoms with van der Waals surface area (Å²) in [6.45, 7) is 3.39. The first-order valence-electron chi connectivity index (χ1n) is 9.13. The Morgan fingerprint density at radius 1 is 1.24 bits per heavy atom. The fraction of sp³-hybridized carbons (Fsp3) is 0.350. The first-order valence-corrected chi connectivity index (χ1v) is 10.2. The summed E-state index contributed by atoms with van der Waals surface area (Å²) >= 11 is 1.41. The molecule has 2 amide bonds. The molecule has 1 fully saturated rings. The predicted octanol–water partition coefficient (Wildman–Crippen LogP) is 2.82. The molecule has 0 bridgehead atoms. The first-order chi connectivity index (χ1) is 14.0. The lowest BCUT2D eigenvalue weighted by molar-refractivity contribution is -0.155. The molecule has 0 spiro atoms. The van der Waals surface area contributed by atoms with Gasteiger partial charge >= 0.3 is 5.97 Å². The quantitative estimate of drug-likeness (QED) is 0.691. The van der Waals surface area contributed by atoms with Crippen LogP contribution in [0.4, 0.5) is 5.69 Å². The second-order valence-electron chi connectivity index (χ2n) is 6.26. The monoisotopic (exact) mass is 418 g/mol. The lowest BCUT2D eigenvalue weighted by Crippen LogP contribution is -2.43. The molecule has 0 aliphatic carbocycles. The Morgan fingerprint density at radius 3 is 2.62 bits per heavy atom. The highest BCUT2D eigenvalue weighted by Crippen LogP contribution is 2.41. The Bertz CT molecular complexity index is 852. The van der Waals surface area contributed by atoms with Gasteiger partial charge in [0.1, 0.15) is 22.9 Å². The van der Waals surface area contributed by atoms with Crippen LogP contribution in [-0.2, 0) is 19.1 Å². The van der Waals surface area contributed by atoms with Crippen molar-refractivity contribution in [1.29, 1.82) is 0 Å². The van der Waals surface area contributed by atoms with Gasteiger partial charge in [0.2, 0.25) is 5.91 Å². The summed E-state index contributed by atoms with van der Waals surface area (Å²) in [5, 5.41) is 2.26. The number of nitrogens with one attached hydrogen (secondary N) is 1. The van der Waals surface area contributed by atoms with Gasteiger partial charge in [0.25, 0.3) is 5.91 Å². The largest absolute Gasteiger partial charge is 0.494 e. The maximum absolute atomic E-state index is 12.5. The predicted molar refractivity (Wildman–Crippen MR) is 107 cm³/mol. The molecule has 2 atom stereocenters. The zero-order valence-corrected chi connectivity index (χ0v) is 16.9. The van der Waals surface area contributed by atoms with E-state index in [0.717, 1.165) is 0 Å². The molecule has 154 valence electrons. The molecule has 0 radical (unpaired) electrons. The van der Waals surface area contributed by atoms with Crippen LogP contribution in [0.3, 0.4) is 0 Å². The summed E-state index contributed by atoms with van der Waals surface area (Å²) in [6.07, 6.45) is 1.52. The van der Waals surface area contributed by atoms with E-state index >= 15 is 0 Å². The van der Waals surface area contributed by atoms with E-state index in [9.17, 15) is 14.4 Å². The van der Waals surface area contributed by atoms with Crippen LogP contribution in [0, 0.1) is 0 Å². The number of rotatable bonds is 7. The number of hydrogen-bond donors (Lipinski definition) is 1. The minimum Gasteiger partial charge on any atom is -0.494 e. The van der Waals surface area contributed by atoms with Crippen LogP contribution in [-0.4, -0.2) is 47.7 Å².